The fourth-order valence-electron chi connectivity index (χ4n) is 2.67. The van der Waals surface area contributed by atoms with Crippen LogP contribution in [0.1, 0.15) is 24.3 Å². The molecular weight excluding hydrogens is 288 g/mol. The van der Waals surface area contributed by atoms with Gasteiger partial charge in [0.15, 0.2) is 0 Å². The van der Waals surface area contributed by atoms with Crippen molar-refractivity contribution in [3.05, 3.63) is 60.3 Å². The molecule has 1 amide bonds. The average Bonchev–Trinajstić information content (AvgIpc) is 2.94. The van der Waals surface area contributed by atoms with Crippen molar-refractivity contribution in [1.29, 1.82) is 0 Å². The summed E-state index contributed by atoms with van der Waals surface area (Å²) in [6.07, 6.45) is 0. The maximum absolute atomic E-state index is 12.6. The van der Waals surface area contributed by atoms with E-state index < -0.39 is 0 Å². The Bertz CT molecular complexity index is 832. The lowest BCUT2D eigenvalue weighted by Crippen LogP contribution is -2.31. The molecule has 0 spiro atoms. The number of hydrogen-bond donors (Lipinski definition) is 1. The van der Waals surface area contributed by atoms with Gasteiger partial charge >= 0.3 is 0 Å². The van der Waals surface area contributed by atoms with Gasteiger partial charge < -0.3 is 14.6 Å². The highest BCUT2D eigenvalue weighted by molar-refractivity contribution is 6.00. The van der Waals surface area contributed by atoms with Crippen LogP contribution in [0.15, 0.2) is 54.6 Å². The molecule has 3 aromatic rings. The molecule has 1 aromatic heterocycles. The molecule has 0 unspecified atom stereocenters. The van der Waals surface area contributed by atoms with Crippen molar-refractivity contribution in [2.75, 3.05) is 7.11 Å². The number of amides is 1. The number of ether oxygens (including phenoxy) is 1. The molecule has 0 aliphatic heterocycles. The number of para-hydroxylation sites is 1. The summed E-state index contributed by atoms with van der Waals surface area (Å²) in [6, 6.07) is 17.7. The van der Waals surface area contributed by atoms with E-state index in [-0.39, 0.29) is 11.9 Å². The molecule has 0 atom stereocenters. The lowest BCUT2D eigenvalue weighted by Gasteiger charge is -2.13. The largest absolute Gasteiger partial charge is 0.497 e. The van der Waals surface area contributed by atoms with E-state index in [9.17, 15) is 4.79 Å². The fourth-order valence-corrected chi connectivity index (χ4v) is 2.67. The molecule has 4 heteroatoms. The van der Waals surface area contributed by atoms with E-state index in [2.05, 4.69) is 5.32 Å². The summed E-state index contributed by atoms with van der Waals surface area (Å²) >= 11 is 0. The van der Waals surface area contributed by atoms with Gasteiger partial charge in [-0.05, 0) is 50.2 Å². The molecular formula is C19H20N2O2. The number of rotatable bonds is 4. The maximum atomic E-state index is 12.6. The Morgan fingerprint density at radius 3 is 2.43 bits per heavy atom. The number of aromatic nitrogens is 1. The number of carbonyl (C=O) groups excluding carboxylic acids is 1. The molecule has 0 saturated heterocycles. The van der Waals surface area contributed by atoms with Gasteiger partial charge in [0.2, 0.25) is 0 Å². The van der Waals surface area contributed by atoms with Crippen LogP contribution in [0.4, 0.5) is 0 Å². The van der Waals surface area contributed by atoms with Crippen LogP contribution in [0, 0.1) is 0 Å². The Balaban J connectivity index is 2.17. The van der Waals surface area contributed by atoms with Crippen molar-refractivity contribution >= 4 is 16.8 Å². The van der Waals surface area contributed by atoms with E-state index in [0.29, 0.717) is 5.69 Å². The summed E-state index contributed by atoms with van der Waals surface area (Å²) in [5, 5.41) is 4.01. The summed E-state index contributed by atoms with van der Waals surface area (Å²) in [5.74, 6) is 0.713. The van der Waals surface area contributed by atoms with Crippen molar-refractivity contribution in [3.63, 3.8) is 0 Å². The lowest BCUT2D eigenvalue weighted by molar-refractivity contribution is 0.0936. The van der Waals surface area contributed by atoms with Crippen LogP contribution in [0.5, 0.6) is 5.75 Å². The predicted octanol–water partition coefficient (Wildman–Crippen LogP) is 3.78. The topological polar surface area (TPSA) is 43.3 Å². The Kier molecular flexibility index (Phi) is 4.06. The normalized spacial score (nSPS) is 11.0. The minimum Gasteiger partial charge on any atom is -0.497 e. The molecule has 4 nitrogen and oxygen atoms in total. The van der Waals surface area contributed by atoms with Gasteiger partial charge in [-0.25, -0.2) is 0 Å². The third-order valence-corrected chi connectivity index (χ3v) is 3.69. The van der Waals surface area contributed by atoms with Crippen LogP contribution in [-0.4, -0.2) is 23.6 Å². The molecule has 1 heterocycles. The number of hydrogen-bond acceptors (Lipinski definition) is 2. The molecule has 0 aliphatic carbocycles. The van der Waals surface area contributed by atoms with E-state index in [0.717, 1.165) is 22.3 Å². The molecule has 0 bridgehead atoms. The zero-order chi connectivity index (χ0) is 16.4. The average molecular weight is 308 g/mol. The van der Waals surface area contributed by atoms with Crippen molar-refractivity contribution in [2.24, 2.45) is 0 Å². The Hall–Kier alpha value is -2.75. The van der Waals surface area contributed by atoms with E-state index in [1.54, 1.807) is 7.11 Å². The van der Waals surface area contributed by atoms with Crippen LogP contribution in [0.25, 0.3) is 16.6 Å². The van der Waals surface area contributed by atoms with Crippen LogP contribution in [0.3, 0.4) is 0 Å². The van der Waals surface area contributed by atoms with E-state index in [1.165, 1.54) is 0 Å². The van der Waals surface area contributed by atoms with Crippen LogP contribution in [0.2, 0.25) is 0 Å². The third kappa shape index (κ3) is 2.93. The van der Waals surface area contributed by atoms with Gasteiger partial charge in [-0.2, -0.15) is 0 Å². The van der Waals surface area contributed by atoms with Crippen LogP contribution >= 0.6 is 0 Å². The second-order valence-corrected chi connectivity index (χ2v) is 5.75. The lowest BCUT2D eigenvalue weighted by atomic mass is 10.2. The SMILES string of the molecule is COc1ccc(-n2c(C(=O)NC(C)C)cc3ccccc32)cc1. The summed E-state index contributed by atoms with van der Waals surface area (Å²) < 4.78 is 7.19. The summed E-state index contributed by atoms with van der Waals surface area (Å²) in [7, 11) is 1.64. The zero-order valence-corrected chi connectivity index (χ0v) is 13.5. The molecule has 0 fully saturated rings. The highest BCUT2D eigenvalue weighted by Crippen LogP contribution is 2.25. The molecule has 3 rings (SSSR count). The highest BCUT2D eigenvalue weighted by atomic mass is 16.5. The molecule has 0 saturated carbocycles. The highest BCUT2D eigenvalue weighted by Gasteiger charge is 2.17. The Morgan fingerprint density at radius 2 is 1.78 bits per heavy atom. The molecule has 118 valence electrons. The van der Waals surface area contributed by atoms with Crippen molar-refractivity contribution < 1.29 is 9.53 Å². The van der Waals surface area contributed by atoms with Gasteiger partial charge in [0.05, 0.1) is 12.6 Å². The van der Waals surface area contributed by atoms with Gasteiger partial charge in [-0.1, -0.05) is 18.2 Å². The molecule has 0 radical (unpaired) electrons. The summed E-state index contributed by atoms with van der Waals surface area (Å²) in [4.78, 5) is 12.6. The van der Waals surface area contributed by atoms with Crippen molar-refractivity contribution in [3.8, 4) is 11.4 Å². The van der Waals surface area contributed by atoms with Gasteiger partial charge in [-0.15, -0.1) is 0 Å². The smallest absolute Gasteiger partial charge is 0.268 e. The summed E-state index contributed by atoms with van der Waals surface area (Å²) in [5.41, 5.74) is 2.57. The molecule has 2 aromatic carbocycles. The molecule has 1 N–H and O–H groups in total. The number of nitrogens with zero attached hydrogens (tertiary/aromatic N) is 1. The number of benzene rings is 2. The van der Waals surface area contributed by atoms with Crippen LogP contribution in [-0.2, 0) is 0 Å². The fraction of sp³-hybridized carbons (Fsp3) is 0.211. The Labute approximate surface area is 135 Å². The number of methoxy groups -OCH3 is 1. The first-order chi connectivity index (χ1) is 11.1. The number of fused-ring (bicyclic) bond motifs is 1. The van der Waals surface area contributed by atoms with E-state index >= 15 is 0 Å². The van der Waals surface area contributed by atoms with Gasteiger partial charge in [0.1, 0.15) is 11.4 Å². The van der Waals surface area contributed by atoms with Crippen LogP contribution < -0.4 is 10.1 Å². The minimum atomic E-state index is -0.0768. The van der Waals surface area contributed by atoms with Gasteiger partial charge in [-0.3, -0.25) is 4.79 Å². The second-order valence-electron chi connectivity index (χ2n) is 5.75. The number of nitrogens with one attached hydrogen (secondary N) is 1. The third-order valence-electron chi connectivity index (χ3n) is 3.69. The molecule has 0 aliphatic rings. The maximum Gasteiger partial charge on any atom is 0.268 e. The zero-order valence-electron chi connectivity index (χ0n) is 13.5. The Morgan fingerprint density at radius 1 is 1.09 bits per heavy atom. The van der Waals surface area contributed by atoms with Crippen molar-refractivity contribution in [1.82, 2.24) is 9.88 Å². The first-order valence-corrected chi connectivity index (χ1v) is 7.66. The first-order valence-electron chi connectivity index (χ1n) is 7.66. The monoisotopic (exact) mass is 308 g/mol. The first kappa shape index (κ1) is 15.2. The van der Waals surface area contributed by atoms with Gasteiger partial charge in [0, 0.05) is 17.1 Å². The number of carbonyl (C=O) groups is 1. The van der Waals surface area contributed by atoms with Crippen molar-refractivity contribution in [2.45, 2.75) is 19.9 Å². The molecule has 23 heavy (non-hydrogen) atoms. The predicted molar refractivity (Wildman–Crippen MR) is 92.4 cm³/mol. The van der Waals surface area contributed by atoms with Gasteiger partial charge in [0.25, 0.3) is 5.91 Å². The summed E-state index contributed by atoms with van der Waals surface area (Å²) in [6.45, 7) is 3.91. The standard InChI is InChI=1S/C19H20N2O2/c1-13(2)20-19(22)18-12-14-6-4-5-7-17(14)21(18)15-8-10-16(23-3)11-9-15/h4-13H,1-3H3,(H,20,22). The van der Waals surface area contributed by atoms with E-state index in [4.69, 9.17) is 4.74 Å². The quantitative estimate of drug-likeness (QED) is 0.797. The minimum absolute atomic E-state index is 0.0768. The van der Waals surface area contributed by atoms with E-state index in [1.807, 2.05) is 73.0 Å². The second kappa shape index (κ2) is 6.16.